The highest BCUT2D eigenvalue weighted by molar-refractivity contribution is 5.72. The minimum Gasteiger partial charge on any atom is -0.465 e. The van der Waals surface area contributed by atoms with Gasteiger partial charge in [0.2, 0.25) is 0 Å². The van der Waals surface area contributed by atoms with E-state index in [0.29, 0.717) is 50.6 Å². The standard InChI is InChI=1S/C36H52N2O7/c1-3-5-6-7-11-16-29(4-2)34(39)43-28-15-9-8-14-25-38(35(40)41)30-23-26-37(27-24-30)36(42)45-33-21-19-32(20-22-33)44-31-17-12-10-13-18-31/h10,12-13,17-22,29-30H,3-9,11,14-16,23-28H2,1-2H3,(H,40,41). The number of carbonyl (C=O) groups excluding carboxylic acids is 2. The molecule has 9 heteroatoms. The molecule has 45 heavy (non-hydrogen) atoms. The van der Waals surface area contributed by atoms with E-state index in [2.05, 4.69) is 6.92 Å². The lowest BCUT2D eigenvalue weighted by molar-refractivity contribution is -0.149. The van der Waals surface area contributed by atoms with Gasteiger partial charge in [-0.1, -0.05) is 70.6 Å². The number of hydrogen-bond acceptors (Lipinski definition) is 6. The van der Waals surface area contributed by atoms with Crippen LogP contribution in [0.4, 0.5) is 9.59 Å². The van der Waals surface area contributed by atoms with Gasteiger partial charge in [-0.15, -0.1) is 0 Å². The predicted octanol–water partition coefficient (Wildman–Crippen LogP) is 8.91. The topological polar surface area (TPSA) is 106 Å². The zero-order valence-corrected chi connectivity index (χ0v) is 27.2. The summed E-state index contributed by atoms with van der Waals surface area (Å²) in [6.45, 7) is 6.00. The molecule has 1 fully saturated rings. The van der Waals surface area contributed by atoms with Crippen LogP contribution in [0.25, 0.3) is 0 Å². The lowest BCUT2D eigenvalue weighted by atomic mass is 9.98. The maximum absolute atomic E-state index is 12.7. The minimum atomic E-state index is -0.928. The normalized spacial score (nSPS) is 14.0. The average molecular weight is 625 g/mol. The molecule has 9 nitrogen and oxygen atoms in total. The smallest absolute Gasteiger partial charge is 0.415 e. The van der Waals surface area contributed by atoms with Crippen LogP contribution >= 0.6 is 0 Å². The van der Waals surface area contributed by atoms with Gasteiger partial charge in [-0.2, -0.15) is 0 Å². The molecule has 2 aromatic carbocycles. The second-order valence-corrected chi connectivity index (χ2v) is 11.8. The molecule has 1 N–H and O–H groups in total. The highest BCUT2D eigenvalue weighted by Crippen LogP contribution is 2.25. The molecule has 1 aliphatic heterocycles. The Morgan fingerprint density at radius 3 is 2.11 bits per heavy atom. The van der Waals surface area contributed by atoms with Crippen molar-refractivity contribution < 1.29 is 33.7 Å². The third kappa shape index (κ3) is 13.0. The lowest BCUT2D eigenvalue weighted by Gasteiger charge is -2.36. The van der Waals surface area contributed by atoms with Crippen molar-refractivity contribution in [1.82, 2.24) is 9.80 Å². The van der Waals surface area contributed by atoms with E-state index in [1.807, 2.05) is 37.3 Å². The van der Waals surface area contributed by atoms with Gasteiger partial charge >= 0.3 is 18.2 Å². The van der Waals surface area contributed by atoms with E-state index < -0.39 is 12.2 Å². The van der Waals surface area contributed by atoms with Gasteiger partial charge in [-0.3, -0.25) is 4.79 Å². The van der Waals surface area contributed by atoms with Crippen LogP contribution in [0.1, 0.15) is 97.3 Å². The van der Waals surface area contributed by atoms with E-state index in [1.54, 1.807) is 29.2 Å². The van der Waals surface area contributed by atoms with Gasteiger partial charge in [0.15, 0.2) is 0 Å². The van der Waals surface area contributed by atoms with E-state index in [4.69, 9.17) is 14.2 Å². The van der Waals surface area contributed by atoms with Gasteiger partial charge in [0, 0.05) is 25.7 Å². The Labute approximate surface area is 268 Å². The summed E-state index contributed by atoms with van der Waals surface area (Å²) in [6, 6.07) is 16.2. The first-order valence-electron chi connectivity index (χ1n) is 16.9. The SMILES string of the molecule is CCCCCCCC(CC)C(=O)OCCCCCCN(C(=O)O)C1CCN(C(=O)Oc2ccc(Oc3ccccc3)cc2)CC1. The molecule has 1 atom stereocenters. The van der Waals surface area contributed by atoms with E-state index in [9.17, 15) is 19.5 Å². The fourth-order valence-corrected chi connectivity index (χ4v) is 5.67. The van der Waals surface area contributed by atoms with Gasteiger partial charge in [-0.05, 0) is 81.3 Å². The Morgan fingerprint density at radius 2 is 1.44 bits per heavy atom. The third-order valence-corrected chi connectivity index (χ3v) is 8.44. The summed E-state index contributed by atoms with van der Waals surface area (Å²) >= 11 is 0. The molecule has 1 saturated heterocycles. The fraction of sp³-hybridized carbons (Fsp3) is 0.583. The zero-order valence-electron chi connectivity index (χ0n) is 27.2. The van der Waals surface area contributed by atoms with E-state index in [-0.39, 0.29) is 17.9 Å². The number of carboxylic acid groups (broad SMARTS) is 1. The van der Waals surface area contributed by atoms with Gasteiger partial charge in [-0.25, -0.2) is 9.59 Å². The Balaban J connectivity index is 1.29. The summed E-state index contributed by atoms with van der Waals surface area (Å²) in [5, 5.41) is 9.85. The molecule has 1 aliphatic rings. The van der Waals surface area contributed by atoms with Crippen LogP contribution in [-0.2, 0) is 9.53 Å². The second kappa shape index (κ2) is 20.3. The third-order valence-electron chi connectivity index (χ3n) is 8.44. The zero-order chi connectivity index (χ0) is 32.3. The Kier molecular flexibility index (Phi) is 16.1. The highest BCUT2D eigenvalue weighted by atomic mass is 16.6. The Hall–Kier alpha value is -3.75. The number of esters is 1. The minimum absolute atomic E-state index is 0.00385. The molecule has 0 aliphatic carbocycles. The van der Waals surface area contributed by atoms with E-state index >= 15 is 0 Å². The molecule has 0 bridgehead atoms. The van der Waals surface area contributed by atoms with Crippen molar-refractivity contribution in [2.75, 3.05) is 26.2 Å². The number of ether oxygens (including phenoxy) is 3. The number of para-hydroxylation sites is 1. The Bertz CT molecular complexity index is 1130. The van der Waals surface area contributed by atoms with Crippen LogP contribution in [0, 0.1) is 5.92 Å². The molecule has 0 radical (unpaired) electrons. The summed E-state index contributed by atoms with van der Waals surface area (Å²) in [6.07, 6.45) is 10.8. The number of amides is 2. The first-order chi connectivity index (χ1) is 21.9. The summed E-state index contributed by atoms with van der Waals surface area (Å²) in [7, 11) is 0. The summed E-state index contributed by atoms with van der Waals surface area (Å²) < 4.78 is 16.9. The van der Waals surface area contributed by atoms with Crippen molar-refractivity contribution in [2.24, 2.45) is 5.92 Å². The molecule has 1 unspecified atom stereocenters. The monoisotopic (exact) mass is 624 g/mol. The summed E-state index contributed by atoms with van der Waals surface area (Å²) in [5.74, 6) is 1.71. The van der Waals surface area contributed by atoms with Crippen molar-refractivity contribution >= 4 is 18.2 Å². The average Bonchev–Trinajstić information content (AvgIpc) is 3.05. The molecule has 2 amide bonds. The summed E-state index contributed by atoms with van der Waals surface area (Å²) in [5.41, 5.74) is 0. The first-order valence-corrected chi connectivity index (χ1v) is 16.9. The van der Waals surface area contributed by atoms with Crippen LogP contribution in [-0.4, -0.2) is 65.3 Å². The van der Waals surface area contributed by atoms with Gasteiger partial charge in [0.1, 0.15) is 17.2 Å². The van der Waals surface area contributed by atoms with Gasteiger partial charge < -0.3 is 29.1 Å². The molecular weight excluding hydrogens is 572 g/mol. The molecule has 0 aromatic heterocycles. The fourth-order valence-electron chi connectivity index (χ4n) is 5.67. The number of nitrogens with zero attached hydrogens (tertiary/aromatic N) is 2. The van der Waals surface area contributed by atoms with E-state index in [0.717, 1.165) is 50.7 Å². The quantitative estimate of drug-likeness (QED) is 0.123. The van der Waals surface area contributed by atoms with Crippen molar-refractivity contribution in [3.05, 3.63) is 54.6 Å². The van der Waals surface area contributed by atoms with E-state index in [1.165, 1.54) is 30.6 Å². The molecule has 3 rings (SSSR count). The Morgan fingerprint density at radius 1 is 0.822 bits per heavy atom. The van der Waals surface area contributed by atoms with Gasteiger partial charge in [0.25, 0.3) is 0 Å². The van der Waals surface area contributed by atoms with Crippen LogP contribution in [0.5, 0.6) is 17.2 Å². The number of rotatable bonds is 19. The number of likely N-dealkylation sites (tertiary alicyclic amines) is 1. The van der Waals surface area contributed by atoms with Gasteiger partial charge in [0.05, 0.1) is 12.5 Å². The van der Waals surface area contributed by atoms with Crippen molar-refractivity contribution in [1.29, 1.82) is 0 Å². The predicted molar refractivity (Wildman–Crippen MR) is 175 cm³/mol. The van der Waals surface area contributed by atoms with Crippen LogP contribution in [0.3, 0.4) is 0 Å². The number of benzene rings is 2. The molecule has 248 valence electrons. The van der Waals surface area contributed by atoms with Crippen LogP contribution < -0.4 is 9.47 Å². The van der Waals surface area contributed by atoms with Crippen molar-refractivity contribution in [3.8, 4) is 17.2 Å². The molecule has 0 spiro atoms. The first kappa shape index (κ1) is 35.7. The largest absolute Gasteiger partial charge is 0.465 e. The maximum Gasteiger partial charge on any atom is 0.415 e. The number of piperidine rings is 1. The second-order valence-electron chi connectivity index (χ2n) is 11.8. The highest BCUT2D eigenvalue weighted by Gasteiger charge is 2.30. The van der Waals surface area contributed by atoms with Crippen LogP contribution in [0.15, 0.2) is 54.6 Å². The number of hydrogen-bond donors (Lipinski definition) is 1. The molecule has 1 heterocycles. The van der Waals surface area contributed by atoms with Crippen molar-refractivity contribution in [3.63, 3.8) is 0 Å². The number of carbonyl (C=O) groups is 3. The molecular formula is C36H52N2O7. The van der Waals surface area contributed by atoms with Crippen molar-refractivity contribution in [2.45, 2.75) is 103 Å². The molecule has 0 saturated carbocycles. The molecule has 2 aromatic rings. The summed E-state index contributed by atoms with van der Waals surface area (Å²) in [4.78, 5) is 40.3. The van der Waals surface area contributed by atoms with Crippen LogP contribution in [0.2, 0.25) is 0 Å². The lowest BCUT2D eigenvalue weighted by Crippen LogP contribution is -2.49. The number of unbranched alkanes of at least 4 members (excludes halogenated alkanes) is 7. The maximum atomic E-state index is 12.7.